The summed E-state index contributed by atoms with van der Waals surface area (Å²) in [7, 11) is 0. The summed E-state index contributed by atoms with van der Waals surface area (Å²) >= 11 is 0. The summed E-state index contributed by atoms with van der Waals surface area (Å²) in [5.74, 6) is 0.0748. The van der Waals surface area contributed by atoms with Crippen molar-refractivity contribution in [3.05, 3.63) is 34.9 Å². The fraction of sp³-hybridized carbons (Fsp3) is 0.462. The van der Waals surface area contributed by atoms with Crippen molar-refractivity contribution in [3.63, 3.8) is 0 Å². The van der Waals surface area contributed by atoms with Crippen molar-refractivity contribution in [2.75, 3.05) is 0 Å². The van der Waals surface area contributed by atoms with E-state index in [0.717, 1.165) is 5.56 Å². The monoisotopic (exact) mass is 205 g/mol. The molecular weight excluding hydrogens is 186 g/mol. The molecule has 2 heteroatoms. The van der Waals surface area contributed by atoms with Gasteiger partial charge in [0.2, 0.25) is 0 Å². The van der Waals surface area contributed by atoms with E-state index < -0.39 is 5.54 Å². The van der Waals surface area contributed by atoms with Crippen LogP contribution in [0.1, 0.15) is 30.5 Å². The van der Waals surface area contributed by atoms with Crippen LogP contribution in [0.2, 0.25) is 0 Å². The number of ketones is 1. The normalized spacial score (nSPS) is 11.5. The second-order valence-electron chi connectivity index (χ2n) is 4.74. The number of nitrogens with two attached hydrogens (primary N) is 1. The van der Waals surface area contributed by atoms with Crippen molar-refractivity contribution >= 4 is 5.78 Å². The van der Waals surface area contributed by atoms with Gasteiger partial charge in [0.15, 0.2) is 5.78 Å². The van der Waals surface area contributed by atoms with Gasteiger partial charge in [0, 0.05) is 6.42 Å². The van der Waals surface area contributed by atoms with Crippen molar-refractivity contribution in [2.45, 2.75) is 39.7 Å². The minimum absolute atomic E-state index is 0.0748. The van der Waals surface area contributed by atoms with Gasteiger partial charge in [-0.2, -0.15) is 0 Å². The third-order valence-electron chi connectivity index (χ3n) is 2.65. The second-order valence-corrected chi connectivity index (χ2v) is 4.74. The maximum Gasteiger partial charge on any atom is 0.156 e. The predicted molar refractivity (Wildman–Crippen MR) is 62.9 cm³/mol. The minimum atomic E-state index is -0.737. The van der Waals surface area contributed by atoms with Crippen molar-refractivity contribution in [1.82, 2.24) is 0 Å². The maximum atomic E-state index is 11.7. The van der Waals surface area contributed by atoms with Gasteiger partial charge in [0.1, 0.15) is 0 Å². The number of carbonyl (C=O) groups is 1. The van der Waals surface area contributed by atoms with Gasteiger partial charge in [-0.15, -0.1) is 0 Å². The Hall–Kier alpha value is -1.15. The summed E-state index contributed by atoms with van der Waals surface area (Å²) in [6.07, 6.45) is 0.421. The molecule has 0 amide bonds. The summed E-state index contributed by atoms with van der Waals surface area (Å²) in [5, 5.41) is 0. The van der Waals surface area contributed by atoms with Gasteiger partial charge in [0.05, 0.1) is 5.54 Å². The summed E-state index contributed by atoms with van der Waals surface area (Å²) in [6.45, 7) is 7.61. The van der Waals surface area contributed by atoms with Crippen LogP contribution in [0.25, 0.3) is 0 Å². The minimum Gasteiger partial charge on any atom is -0.319 e. The molecule has 0 radical (unpaired) electrons. The topological polar surface area (TPSA) is 43.1 Å². The van der Waals surface area contributed by atoms with Crippen molar-refractivity contribution in [3.8, 4) is 0 Å². The Morgan fingerprint density at radius 1 is 1.27 bits per heavy atom. The molecule has 0 aromatic heterocycles. The lowest BCUT2D eigenvalue weighted by Crippen LogP contribution is -2.42. The molecule has 1 aromatic rings. The number of carbonyl (C=O) groups excluding carboxylic acids is 1. The van der Waals surface area contributed by atoms with Gasteiger partial charge in [0.25, 0.3) is 0 Å². The third kappa shape index (κ3) is 3.17. The molecule has 0 bridgehead atoms. The molecule has 0 aliphatic carbocycles. The summed E-state index contributed by atoms with van der Waals surface area (Å²) < 4.78 is 0. The van der Waals surface area contributed by atoms with Crippen molar-refractivity contribution in [1.29, 1.82) is 0 Å². The molecular formula is C13H19NO. The van der Waals surface area contributed by atoms with E-state index in [1.807, 2.05) is 12.1 Å². The smallest absolute Gasteiger partial charge is 0.156 e. The number of hydrogen-bond acceptors (Lipinski definition) is 2. The van der Waals surface area contributed by atoms with Gasteiger partial charge in [-0.3, -0.25) is 4.79 Å². The standard InChI is InChI=1S/C13H19NO/c1-9-5-6-11(7-10(9)2)8-12(15)13(3,4)14/h5-7H,8,14H2,1-4H3. The molecule has 2 nitrogen and oxygen atoms in total. The molecule has 0 unspecified atom stereocenters. The van der Waals surface area contributed by atoms with E-state index in [1.165, 1.54) is 11.1 Å². The highest BCUT2D eigenvalue weighted by molar-refractivity contribution is 5.89. The molecule has 2 N–H and O–H groups in total. The van der Waals surface area contributed by atoms with Crippen LogP contribution >= 0.6 is 0 Å². The van der Waals surface area contributed by atoms with Crippen LogP contribution in [0.4, 0.5) is 0 Å². The first-order valence-electron chi connectivity index (χ1n) is 5.19. The number of aryl methyl sites for hydroxylation is 2. The first kappa shape index (κ1) is 11.9. The van der Waals surface area contributed by atoms with E-state index in [9.17, 15) is 4.79 Å². The van der Waals surface area contributed by atoms with Crippen LogP contribution in [-0.2, 0) is 11.2 Å². The van der Waals surface area contributed by atoms with Gasteiger partial charge in [-0.05, 0) is 44.4 Å². The lowest BCUT2D eigenvalue weighted by atomic mass is 9.93. The molecule has 0 aliphatic heterocycles. The SMILES string of the molecule is Cc1ccc(CC(=O)C(C)(C)N)cc1C. The molecule has 1 rings (SSSR count). The number of rotatable bonds is 3. The van der Waals surface area contributed by atoms with Gasteiger partial charge in [-0.25, -0.2) is 0 Å². The first-order chi connectivity index (χ1) is 6.80. The lowest BCUT2D eigenvalue weighted by Gasteiger charge is -2.16. The Morgan fingerprint density at radius 2 is 1.87 bits per heavy atom. The Labute approximate surface area is 91.5 Å². The second kappa shape index (κ2) is 4.15. The number of benzene rings is 1. The Balaban J connectivity index is 2.83. The van der Waals surface area contributed by atoms with Gasteiger partial charge in [-0.1, -0.05) is 18.2 Å². The van der Waals surface area contributed by atoms with Gasteiger partial charge < -0.3 is 5.73 Å². The highest BCUT2D eigenvalue weighted by Gasteiger charge is 2.21. The van der Waals surface area contributed by atoms with E-state index in [-0.39, 0.29) is 5.78 Å². The Bertz CT molecular complexity index is 375. The first-order valence-corrected chi connectivity index (χ1v) is 5.19. The number of hydrogen-bond donors (Lipinski definition) is 1. The van der Waals surface area contributed by atoms with E-state index >= 15 is 0 Å². The molecule has 1 aromatic carbocycles. The zero-order chi connectivity index (χ0) is 11.6. The molecule has 0 saturated carbocycles. The maximum absolute atomic E-state index is 11.7. The zero-order valence-corrected chi connectivity index (χ0v) is 9.92. The summed E-state index contributed by atoms with van der Waals surface area (Å²) in [6, 6.07) is 6.09. The Kier molecular flexibility index (Phi) is 3.30. The van der Waals surface area contributed by atoms with E-state index in [4.69, 9.17) is 5.73 Å². The van der Waals surface area contributed by atoms with Crippen molar-refractivity contribution < 1.29 is 4.79 Å². The molecule has 82 valence electrons. The fourth-order valence-corrected chi connectivity index (χ4v) is 1.33. The molecule has 0 fully saturated rings. The summed E-state index contributed by atoms with van der Waals surface area (Å²) in [4.78, 5) is 11.7. The molecule has 0 atom stereocenters. The molecule has 15 heavy (non-hydrogen) atoms. The highest BCUT2D eigenvalue weighted by atomic mass is 16.1. The summed E-state index contributed by atoms with van der Waals surface area (Å²) in [5.41, 5.74) is 8.52. The Morgan fingerprint density at radius 3 is 2.33 bits per heavy atom. The fourth-order valence-electron chi connectivity index (χ4n) is 1.33. The molecule has 0 spiro atoms. The molecule has 0 saturated heterocycles. The van der Waals surface area contributed by atoms with Crippen LogP contribution in [-0.4, -0.2) is 11.3 Å². The zero-order valence-electron chi connectivity index (χ0n) is 9.92. The van der Waals surface area contributed by atoms with Gasteiger partial charge >= 0.3 is 0 Å². The molecule has 0 aliphatic rings. The highest BCUT2D eigenvalue weighted by Crippen LogP contribution is 2.12. The van der Waals surface area contributed by atoms with Crippen LogP contribution in [0.15, 0.2) is 18.2 Å². The average molecular weight is 205 g/mol. The number of Topliss-reactive ketones (excluding diaryl/α,β-unsaturated/α-hetero) is 1. The van der Waals surface area contributed by atoms with Crippen LogP contribution in [0.5, 0.6) is 0 Å². The molecule has 0 heterocycles. The van der Waals surface area contributed by atoms with Crippen LogP contribution in [0, 0.1) is 13.8 Å². The van der Waals surface area contributed by atoms with Crippen LogP contribution in [0.3, 0.4) is 0 Å². The van der Waals surface area contributed by atoms with E-state index in [1.54, 1.807) is 13.8 Å². The predicted octanol–water partition coefficient (Wildman–Crippen LogP) is 2.15. The van der Waals surface area contributed by atoms with Crippen LogP contribution < -0.4 is 5.73 Å². The lowest BCUT2D eigenvalue weighted by molar-refractivity contribution is -0.122. The third-order valence-corrected chi connectivity index (χ3v) is 2.65. The largest absolute Gasteiger partial charge is 0.319 e. The quantitative estimate of drug-likeness (QED) is 0.821. The van der Waals surface area contributed by atoms with E-state index in [2.05, 4.69) is 19.9 Å². The van der Waals surface area contributed by atoms with Crippen molar-refractivity contribution in [2.24, 2.45) is 5.73 Å². The van der Waals surface area contributed by atoms with E-state index in [0.29, 0.717) is 6.42 Å². The average Bonchev–Trinajstić information content (AvgIpc) is 2.10.